The lowest BCUT2D eigenvalue weighted by atomic mass is 9.96. The highest BCUT2D eigenvalue weighted by molar-refractivity contribution is 5.94. The Morgan fingerprint density at radius 2 is 1.70 bits per heavy atom. The summed E-state index contributed by atoms with van der Waals surface area (Å²) < 4.78 is 0. The van der Waals surface area contributed by atoms with Crippen LogP contribution >= 0.6 is 0 Å². The second-order valence-corrected chi connectivity index (χ2v) is 8.50. The van der Waals surface area contributed by atoms with Crippen molar-refractivity contribution in [2.45, 2.75) is 19.0 Å². The molecule has 0 fully saturated rings. The van der Waals surface area contributed by atoms with Crippen LogP contribution in [0.25, 0.3) is 0 Å². The number of anilines is 1. The number of non-ortho nitro benzene ring substituents is 1. The van der Waals surface area contributed by atoms with Gasteiger partial charge < -0.3 is 10.2 Å². The Balaban J connectivity index is 1.53. The first-order valence-electron chi connectivity index (χ1n) is 11.0. The van der Waals surface area contributed by atoms with E-state index in [0.717, 1.165) is 30.8 Å². The Bertz CT molecular complexity index is 1130. The molecule has 1 unspecified atom stereocenters. The van der Waals surface area contributed by atoms with Gasteiger partial charge in [-0.2, -0.15) is 0 Å². The molecular formula is C26H28N4O3. The lowest BCUT2D eigenvalue weighted by Gasteiger charge is -2.36. The molecule has 1 aliphatic rings. The first-order valence-corrected chi connectivity index (χ1v) is 11.0. The summed E-state index contributed by atoms with van der Waals surface area (Å²) in [5, 5.41) is 13.9. The van der Waals surface area contributed by atoms with Crippen molar-refractivity contribution in [3.8, 4) is 0 Å². The molecule has 1 N–H and O–H groups in total. The number of nitro benzene ring substituents is 1. The van der Waals surface area contributed by atoms with Crippen LogP contribution in [0.5, 0.6) is 0 Å². The van der Waals surface area contributed by atoms with E-state index in [0.29, 0.717) is 12.1 Å². The van der Waals surface area contributed by atoms with Gasteiger partial charge in [-0.3, -0.25) is 19.8 Å². The number of benzene rings is 3. The summed E-state index contributed by atoms with van der Waals surface area (Å²) in [5.74, 6) is -0.239. The second-order valence-electron chi connectivity index (χ2n) is 8.50. The summed E-state index contributed by atoms with van der Waals surface area (Å²) in [6, 6.07) is 22.6. The first-order chi connectivity index (χ1) is 15.9. The van der Waals surface area contributed by atoms with E-state index in [1.165, 1.54) is 35.4 Å². The number of nitrogens with zero attached hydrogens (tertiary/aromatic N) is 3. The zero-order valence-electron chi connectivity index (χ0n) is 18.9. The van der Waals surface area contributed by atoms with Crippen molar-refractivity contribution in [3.63, 3.8) is 0 Å². The van der Waals surface area contributed by atoms with Crippen LogP contribution in [0.3, 0.4) is 0 Å². The van der Waals surface area contributed by atoms with Gasteiger partial charge in [-0.15, -0.1) is 0 Å². The Morgan fingerprint density at radius 1 is 1.03 bits per heavy atom. The molecule has 7 heteroatoms. The maximum Gasteiger partial charge on any atom is 0.269 e. The maximum atomic E-state index is 12.8. The molecular weight excluding hydrogens is 416 g/mol. The standard InChI is InChI=1S/C26H28N4O3/c1-28(2)23-11-7-20(8-12-23)25(29-16-15-19-5-3-4-6-22(19)18-29)17-27-26(31)21-9-13-24(14-10-21)30(32)33/h3-14,25H,15-18H2,1-2H3,(H,27,31). The van der Waals surface area contributed by atoms with Crippen molar-refractivity contribution < 1.29 is 9.72 Å². The fourth-order valence-electron chi connectivity index (χ4n) is 4.26. The summed E-state index contributed by atoms with van der Waals surface area (Å²) >= 11 is 0. The number of rotatable bonds is 7. The normalized spacial score (nSPS) is 14.2. The van der Waals surface area contributed by atoms with Crippen molar-refractivity contribution in [1.82, 2.24) is 10.2 Å². The van der Waals surface area contributed by atoms with Gasteiger partial charge >= 0.3 is 0 Å². The van der Waals surface area contributed by atoms with E-state index in [1.807, 2.05) is 14.1 Å². The average Bonchev–Trinajstić information content (AvgIpc) is 2.84. The van der Waals surface area contributed by atoms with Crippen LogP contribution in [0.1, 0.15) is 33.1 Å². The lowest BCUT2D eigenvalue weighted by Crippen LogP contribution is -2.40. The number of hydrogen-bond acceptors (Lipinski definition) is 5. The molecule has 0 radical (unpaired) electrons. The monoisotopic (exact) mass is 444 g/mol. The van der Waals surface area contributed by atoms with Crippen molar-refractivity contribution in [2.24, 2.45) is 0 Å². The third kappa shape index (κ3) is 5.21. The predicted octanol–water partition coefficient (Wildman–Crippen LogP) is 4.19. The zero-order valence-corrected chi connectivity index (χ0v) is 18.9. The zero-order chi connectivity index (χ0) is 23.4. The third-order valence-corrected chi connectivity index (χ3v) is 6.19. The third-order valence-electron chi connectivity index (χ3n) is 6.19. The van der Waals surface area contributed by atoms with Gasteiger partial charge in [-0.05, 0) is 47.4 Å². The quantitative estimate of drug-likeness (QED) is 0.437. The number of carbonyl (C=O) groups excluding carboxylic acids is 1. The molecule has 0 aromatic heterocycles. The highest BCUT2D eigenvalue weighted by Gasteiger charge is 2.25. The molecule has 0 saturated carbocycles. The predicted molar refractivity (Wildman–Crippen MR) is 129 cm³/mol. The summed E-state index contributed by atoms with van der Waals surface area (Å²) in [7, 11) is 4.02. The highest BCUT2D eigenvalue weighted by atomic mass is 16.6. The molecule has 1 heterocycles. The van der Waals surface area contributed by atoms with Crippen LogP contribution in [0.15, 0.2) is 72.8 Å². The van der Waals surface area contributed by atoms with E-state index in [-0.39, 0.29) is 17.6 Å². The van der Waals surface area contributed by atoms with Gasteiger partial charge in [-0.25, -0.2) is 0 Å². The highest BCUT2D eigenvalue weighted by Crippen LogP contribution is 2.29. The first kappa shape index (κ1) is 22.5. The molecule has 1 aliphatic heterocycles. The molecule has 0 saturated heterocycles. The van der Waals surface area contributed by atoms with Crippen LogP contribution < -0.4 is 10.2 Å². The fourth-order valence-corrected chi connectivity index (χ4v) is 4.26. The van der Waals surface area contributed by atoms with Crippen LogP contribution in [0, 0.1) is 10.1 Å². The van der Waals surface area contributed by atoms with Gasteiger partial charge in [0.05, 0.1) is 11.0 Å². The minimum absolute atomic E-state index is 0.0107. The molecule has 0 bridgehead atoms. The number of nitro groups is 1. The van der Waals surface area contributed by atoms with Gasteiger partial charge in [0.1, 0.15) is 0 Å². The van der Waals surface area contributed by atoms with Crippen LogP contribution in [0.4, 0.5) is 11.4 Å². The molecule has 0 spiro atoms. The van der Waals surface area contributed by atoms with Crippen LogP contribution in [-0.4, -0.2) is 42.9 Å². The lowest BCUT2D eigenvalue weighted by molar-refractivity contribution is -0.384. The van der Waals surface area contributed by atoms with E-state index >= 15 is 0 Å². The smallest absolute Gasteiger partial charge is 0.269 e. The Morgan fingerprint density at radius 3 is 2.33 bits per heavy atom. The van der Waals surface area contributed by atoms with Gasteiger partial charge in [0, 0.05) is 57.1 Å². The Kier molecular flexibility index (Phi) is 6.70. The van der Waals surface area contributed by atoms with E-state index in [1.54, 1.807) is 0 Å². The Labute approximate surface area is 193 Å². The Hall–Kier alpha value is -3.71. The van der Waals surface area contributed by atoms with E-state index in [4.69, 9.17) is 0 Å². The molecule has 3 aromatic carbocycles. The van der Waals surface area contributed by atoms with Crippen LogP contribution in [-0.2, 0) is 13.0 Å². The summed E-state index contributed by atoms with van der Waals surface area (Å²) in [4.78, 5) is 27.7. The summed E-state index contributed by atoms with van der Waals surface area (Å²) in [5.41, 5.74) is 5.34. The molecule has 0 aliphatic carbocycles. The van der Waals surface area contributed by atoms with Crippen molar-refractivity contribution in [1.29, 1.82) is 0 Å². The largest absolute Gasteiger partial charge is 0.378 e. The summed E-state index contributed by atoms with van der Waals surface area (Å²) in [6.45, 7) is 2.17. The minimum Gasteiger partial charge on any atom is -0.378 e. The van der Waals surface area contributed by atoms with Gasteiger partial charge in [0.15, 0.2) is 0 Å². The number of amides is 1. The molecule has 33 heavy (non-hydrogen) atoms. The molecule has 1 amide bonds. The van der Waals surface area contributed by atoms with E-state index < -0.39 is 4.92 Å². The number of hydrogen-bond donors (Lipinski definition) is 1. The van der Waals surface area contributed by atoms with Crippen molar-refractivity contribution in [3.05, 3.63) is 105 Å². The number of carbonyl (C=O) groups is 1. The van der Waals surface area contributed by atoms with Gasteiger partial charge in [0.2, 0.25) is 0 Å². The fraction of sp³-hybridized carbons (Fsp3) is 0.269. The van der Waals surface area contributed by atoms with E-state index in [2.05, 4.69) is 63.6 Å². The number of nitrogens with one attached hydrogen (secondary N) is 1. The topological polar surface area (TPSA) is 78.7 Å². The van der Waals surface area contributed by atoms with Crippen molar-refractivity contribution >= 4 is 17.3 Å². The van der Waals surface area contributed by atoms with Gasteiger partial charge in [0.25, 0.3) is 11.6 Å². The van der Waals surface area contributed by atoms with Gasteiger partial charge in [-0.1, -0.05) is 36.4 Å². The summed E-state index contributed by atoms with van der Waals surface area (Å²) in [6.07, 6.45) is 0.971. The van der Waals surface area contributed by atoms with Crippen LogP contribution in [0.2, 0.25) is 0 Å². The molecule has 3 aromatic rings. The molecule has 170 valence electrons. The molecule has 7 nitrogen and oxygen atoms in total. The van der Waals surface area contributed by atoms with Crippen molar-refractivity contribution in [2.75, 3.05) is 32.1 Å². The second kappa shape index (κ2) is 9.83. The molecule has 4 rings (SSSR count). The SMILES string of the molecule is CN(C)c1ccc(C(CNC(=O)c2ccc([N+](=O)[O-])cc2)N2CCc3ccccc3C2)cc1. The minimum atomic E-state index is -0.469. The number of fused-ring (bicyclic) bond motifs is 1. The average molecular weight is 445 g/mol. The molecule has 1 atom stereocenters. The van der Waals surface area contributed by atoms with E-state index in [9.17, 15) is 14.9 Å². The maximum absolute atomic E-state index is 12.8.